The van der Waals surface area contributed by atoms with Gasteiger partial charge in [0.05, 0.1) is 18.0 Å². The third-order valence-corrected chi connectivity index (χ3v) is 5.98. The molecule has 6 nitrogen and oxygen atoms in total. The van der Waals surface area contributed by atoms with Crippen LogP contribution in [-0.2, 0) is 24.2 Å². The highest BCUT2D eigenvalue weighted by Crippen LogP contribution is 2.28. The quantitative estimate of drug-likeness (QED) is 0.485. The van der Waals surface area contributed by atoms with Crippen LogP contribution in [0.4, 0.5) is 10.1 Å². The number of thioether (sulfide) groups is 1. The normalized spacial score (nSPS) is 13.0. The standard InChI is InChI=1S/C22H21FN4O2S/c23-15-8-10-16(11-9-15)25-20(28)14-30-21-18-6-1-2-7-19(18)27(22(29)26-21)13-17-5-3-4-12-24-17/h3-5,8-12H,1-2,6-7,13-14H2,(H,25,28). The number of nitrogens with zero attached hydrogens (tertiary/aromatic N) is 3. The van der Waals surface area contributed by atoms with Crippen LogP contribution in [0.1, 0.15) is 29.8 Å². The van der Waals surface area contributed by atoms with E-state index in [0.717, 1.165) is 42.6 Å². The molecule has 0 atom stereocenters. The van der Waals surface area contributed by atoms with Gasteiger partial charge in [-0.3, -0.25) is 14.3 Å². The van der Waals surface area contributed by atoms with Crippen LogP contribution in [0.2, 0.25) is 0 Å². The summed E-state index contributed by atoms with van der Waals surface area (Å²) >= 11 is 1.27. The first-order valence-corrected chi connectivity index (χ1v) is 10.8. The van der Waals surface area contributed by atoms with Gasteiger partial charge in [-0.15, -0.1) is 0 Å². The molecule has 0 aliphatic heterocycles. The van der Waals surface area contributed by atoms with Crippen molar-refractivity contribution in [3.63, 3.8) is 0 Å². The number of carbonyl (C=O) groups excluding carboxylic acids is 1. The summed E-state index contributed by atoms with van der Waals surface area (Å²) in [4.78, 5) is 33.7. The summed E-state index contributed by atoms with van der Waals surface area (Å²) < 4.78 is 14.7. The first-order chi connectivity index (χ1) is 14.6. The number of hydrogen-bond donors (Lipinski definition) is 1. The van der Waals surface area contributed by atoms with Gasteiger partial charge in [-0.2, -0.15) is 4.98 Å². The van der Waals surface area contributed by atoms with E-state index in [1.54, 1.807) is 10.8 Å². The van der Waals surface area contributed by atoms with Gasteiger partial charge in [-0.1, -0.05) is 17.8 Å². The van der Waals surface area contributed by atoms with Crippen molar-refractivity contribution in [2.45, 2.75) is 37.3 Å². The Hall–Kier alpha value is -3.00. The van der Waals surface area contributed by atoms with Gasteiger partial charge in [0.15, 0.2) is 0 Å². The first-order valence-electron chi connectivity index (χ1n) is 9.81. The van der Waals surface area contributed by atoms with E-state index >= 15 is 0 Å². The Morgan fingerprint density at radius 3 is 2.70 bits per heavy atom. The van der Waals surface area contributed by atoms with Gasteiger partial charge in [0.2, 0.25) is 5.91 Å². The maximum Gasteiger partial charge on any atom is 0.349 e. The summed E-state index contributed by atoms with van der Waals surface area (Å²) in [6.07, 6.45) is 5.42. The second-order valence-corrected chi connectivity index (χ2v) is 8.05. The van der Waals surface area contributed by atoms with Gasteiger partial charge in [0, 0.05) is 23.1 Å². The SMILES string of the molecule is O=C(CSc1nc(=O)n(Cc2ccccn2)c2c1CCCC2)Nc1ccc(F)cc1. The number of hydrogen-bond acceptors (Lipinski definition) is 5. The van der Waals surface area contributed by atoms with Crippen LogP contribution in [0.15, 0.2) is 58.5 Å². The monoisotopic (exact) mass is 424 g/mol. The average Bonchev–Trinajstić information content (AvgIpc) is 2.77. The molecule has 2 aromatic heterocycles. The third-order valence-electron chi connectivity index (χ3n) is 4.96. The van der Waals surface area contributed by atoms with Gasteiger partial charge >= 0.3 is 5.69 Å². The van der Waals surface area contributed by atoms with E-state index in [0.29, 0.717) is 17.3 Å². The lowest BCUT2D eigenvalue weighted by atomic mass is 9.97. The van der Waals surface area contributed by atoms with Crippen molar-refractivity contribution < 1.29 is 9.18 Å². The number of nitrogens with one attached hydrogen (secondary N) is 1. The lowest BCUT2D eigenvalue weighted by molar-refractivity contribution is -0.113. The second-order valence-electron chi connectivity index (χ2n) is 7.08. The van der Waals surface area contributed by atoms with Crippen LogP contribution in [-0.4, -0.2) is 26.2 Å². The van der Waals surface area contributed by atoms with Gasteiger partial charge in [-0.25, -0.2) is 9.18 Å². The molecular weight excluding hydrogens is 403 g/mol. The highest BCUT2D eigenvalue weighted by Gasteiger charge is 2.21. The van der Waals surface area contributed by atoms with Crippen molar-refractivity contribution in [3.05, 3.63) is 81.9 Å². The first kappa shape index (κ1) is 20.3. The van der Waals surface area contributed by atoms with E-state index in [1.807, 2.05) is 18.2 Å². The predicted molar refractivity (Wildman–Crippen MR) is 114 cm³/mol. The molecule has 0 fully saturated rings. The Morgan fingerprint density at radius 1 is 1.13 bits per heavy atom. The topological polar surface area (TPSA) is 76.9 Å². The fraction of sp³-hybridized carbons (Fsp3) is 0.273. The molecule has 2 heterocycles. The van der Waals surface area contributed by atoms with Gasteiger partial charge < -0.3 is 5.32 Å². The number of pyridine rings is 1. The molecule has 1 aromatic carbocycles. The summed E-state index contributed by atoms with van der Waals surface area (Å²) in [6, 6.07) is 11.2. The summed E-state index contributed by atoms with van der Waals surface area (Å²) in [5.41, 5.74) is 3.07. The Morgan fingerprint density at radius 2 is 1.93 bits per heavy atom. The number of anilines is 1. The van der Waals surface area contributed by atoms with E-state index < -0.39 is 0 Å². The maximum absolute atomic E-state index is 13.0. The minimum Gasteiger partial charge on any atom is -0.325 e. The van der Waals surface area contributed by atoms with Crippen molar-refractivity contribution in [1.82, 2.24) is 14.5 Å². The van der Waals surface area contributed by atoms with Crippen LogP contribution < -0.4 is 11.0 Å². The molecule has 0 radical (unpaired) electrons. The molecule has 1 N–H and O–H groups in total. The zero-order valence-electron chi connectivity index (χ0n) is 16.3. The highest BCUT2D eigenvalue weighted by molar-refractivity contribution is 8.00. The second kappa shape index (κ2) is 9.21. The van der Waals surface area contributed by atoms with E-state index in [2.05, 4.69) is 15.3 Å². The number of carbonyl (C=O) groups is 1. The van der Waals surface area contributed by atoms with E-state index in [-0.39, 0.29) is 23.2 Å². The summed E-state index contributed by atoms with van der Waals surface area (Å²) in [7, 11) is 0. The molecule has 1 aliphatic rings. The largest absolute Gasteiger partial charge is 0.349 e. The van der Waals surface area contributed by atoms with Gasteiger partial charge in [-0.05, 0) is 62.1 Å². The van der Waals surface area contributed by atoms with Crippen molar-refractivity contribution in [1.29, 1.82) is 0 Å². The molecule has 1 amide bonds. The van der Waals surface area contributed by atoms with Crippen molar-refractivity contribution in [2.75, 3.05) is 11.1 Å². The molecule has 154 valence electrons. The van der Waals surface area contributed by atoms with Crippen LogP contribution in [0.25, 0.3) is 0 Å². The number of rotatable bonds is 6. The minimum atomic E-state index is -0.357. The van der Waals surface area contributed by atoms with Crippen LogP contribution in [0.5, 0.6) is 0 Å². The number of fused-ring (bicyclic) bond motifs is 1. The molecule has 0 spiro atoms. The molecule has 4 rings (SSSR count). The zero-order chi connectivity index (χ0) is 20.9. The molecule has 3 aromatic rings. The lowest BCUT2D eigenvalue weighted by Crippen LogP contribution is -2.31. The average molecular weight is 425 g/mol. The zero-order valence-corrected chi connectivity index (χ0v) is 17.1. The molecule has 0 saturated carbocycles. The molecular formula is C22H21FN4O2S. The Bertz CT molecular complexity index is 1100. The summed E-state index contributed by atoms with van der Waals surface area (Å²) in [5, 5.41) is 3.36. The van der Waals surface area contributed by atoms with Crippen molar-refractivity contribution in [3.8, 4) is 0 Å². The molecule has 0 unspecified atom stereocenters. The molecule has 1 aliphatic carbocycles. The van der Waals surface area contributed by atoms with Gasteiger partial charge in [0.1, 0.15) is 10.8 Å². The van der Waals surface area contributed by atoms with Crippen LogP contribution >= 0.6 is 11.8 Å². The van der Waals surface area contributed by atoms with E-state index in [9.17, 15) is 14.0 Å². The number of benzene rings is 1. The minimum absolute atomic E-state index is 0.126. The van der Waals surface area contributed by atoms with E-state index in [1.165, 1.54) is 36.0 Å². The summed E-state index contributed by atoms with van der Waals surface area (Å²) in [6.45, 7) is 0.394. The fourth-order valence-corrected chi connectivity index (χ4v) is 4.42. The smallest absolute Gasteiger partial charge is 0.325 e. The molecule has 8 heteroatoms. The molecule has 30 heavy (non-hydrogen) atoms. The number of aromatic nitrogens is 3. The van der Waals surface area contributed by atoms with E-state index in [4.69, 9.17) is 0 Å². The summed E-state index contributed by atoms with van der Waals surface area (Å²) in [5.74, 6) is -0.458. The molecule has 0 saturated heterocycles. The number of amides is 1. The van der Waals surface area contributed by atoms with Crippen molar-refractivity contribution in [2.24, 2.45) is 0 Å². The Balaban J connectivity index is 1.52. The Labute approximate surface area is 177 Å². The number of halogens is 1. The van der Waals surface area contributed by atoms with Gasteiger partial charge in [0.25, 0.3) is 0 Å². The fourth-order valence-electron chi connectivity index (χ4n) is 3.55. The lowest BCUT2D eigenvalue weighted by Gasteiger charge is -2.22. The maximum atomic E-state index is 13.0. The van der Waals surface area contributed by atoms with Crippen molar-refractivity contribution >= 4 is 23.4 Å². The predicted octanol–water partition coefficient (Wildman–Crippen LogP) is 3.44. The van der Waals surface area contributed by atoms with Crippen LogP contribution in [0, 0.1) is 5.82 Å². The molecule has 0 bridgehead atoms. The highest BCUT2D eigenvalue weighted by atomic mass is 32.2. The Kier molecular flexibility index (Phi) is 6.23. The third kappa shape index (κ3) is 4.76. The van der Waals surface area contributed by atoms with Crippen LogP contribution in [0.3, 0.4) is 0 Å².